The molecule has 0 aliphatic heterocycles. The first-order chi connectivity index (χ1) is 14.3. The second-order valence-electron chi connectivity index (χ2n) is 7.76. The molecule has 2 aliphatic carbocycles. The highest BCUT2D eigenvalue weighted by molar-refractivity contribution is 6.26. The minimum Gasteiger partial charge on any atom is -0.493 e. The average molecular weight is 410 g/mol. The molecule has 1 aromatic carbocycles. The lowest BCUT2D eigenvalue weighted by Crippen LogP contribution is -2.43. The van der Waals surface area contributed by atoms with Gasteiger partial charge in [-0.25, -0.2) is 0 Å². The van der Waals surface area contributed by atoms with Crippen LogP contribution < -0.4 is 15.0 Å². The predicted octanol–water partition coefficient (Wildman–Crippen LogP) is 1.93. The van der Waals surface area contributed by atoms with Crippen LogP contribution >= 0.6 is 0 Å². The molecule has 2 aromatic rings. The van der Waals surface area contributed by atoms with E-state index in [1.54, 1.807) is 25.1 Å². The normalized spacial score (nSPS) is 22.8. The van der Waals surface area contributed by atoms with Gasteiger partial charge in [-0.2, -0.15) is 9.78 Å². The van der Waals surface area contributed by atoms with Crippen molar-refractivity contribution in [2.24, 2.45) is 17.8 Å². The van der Waals surface area contributed by atoms with Crippen LogP contribution in [-0.4, -0.2) is 41.3 Å². The maximum atomic E-state index is 13.2. The third kappa shape index (κ3) is 3.12. The van der Waals surface area contributed by atoms with Crippen LogP contribution in [0.3, 0.4) is 0 Å². The number of nitrogens with zero attached hydrogens (tertiary/aromatic N) is 2. The van der Waals surface area contributed by atoms with Crippen molar-refractivity contribution >= 4 is 17.3 Å². The minimum atomic E-state index is -1.38. The number of ether oxygens (including phenoxy) is 2. The highest BCUT2D eigenvalue weighted by atomic mass is 16.5. The number of fused-ring (bicyclic) bond motifs is 2. The van der Waals surface area contributed by atoms with E-state index in [0.29, 0.717) is 42.1 Å². The van der Waals surface area contributed by atoms with Crippen LogP contribution in [0.25, 0.3) is 5.69 Å². The third-order valence-corrected chi connectivity index (χ3v) is 5.98. The summed E-state index contributed by atoms with van der Waals surface area (Å²) in [6.07, 6.45) is 1.78. The van der Waals surface area contributed by atoms with Gasteiger partial charge < -0.3 is 9.47 Å². The molecule has 2 atom stereocenters. The summed E-state index contributed by atoms with van der Waals surface area (Å²) in [4.78, 5) is 51.8. The fraction of sp³-hybridized carbons (Fsp3) is 0.409. The van der Waals surface area contributed by atoms with E-state index in [1.807, 2.05) is 0 Å². The number of benzene rings is 1. The van der Waals surface area contributed by atoms with Crippen LogP contribution in [-0.2, 0) is 9.59 Å². The molecule has 8 nitrogen and oxygen atoms in total. The number of methoxy groups -OCH3 is 2. The zero-order chi connectivity index (χ0) is 21.6. The van der Waals surface area contributed by atoms with E-state index >= 15 is 0 Å². The van der Waals surface area contributed by atoms with E-state index < -0.39 is 17.3 Å². The van der Waals surface area contributed by atoms with Gasteiger partial charge in [0.05, 0.1) is 31.2 Å². The van der Waals surface area contributed by atoms with Crippen LogP contribution in [0.5, 0.6) is 11.5 Å². The van der Waals surface area contributed by atoms with Crippen LogP contribution in [0.4, 0.5) is 0 Å². The molecule has 1 heterocycles. The lowest BCUT2D eigenvalue weighted by molar-refractivity contribution is -0.137. The second kappa shape index (κ2) is 7.51. The summed E-state index contributed by atoms with van der Waals surface area (Å²) in [5.74, 6) is -2.48. The van der Waals surface area contributed by atoms with E-state index in [4.69, 9.17) is 9.47 Å². The molecule has 2 bridgehead atoms. The number of carbonyl (C=O) groups excluding carboxylic acids is 3. The maximum Gasteiger partial charge on any atom is 0.282 e. The molecule has 30 heavy (non-hydrogen) atoms. The predicted molar refractivity (Wildman–Crippen MR) is 106 cm³/mol. The van der Waals surface area contributed by atoms with E-state index in [1.165, 1.54) is 20.3 Å². The van der Waals surface area contributed by atoms with Crippen molar-refractivity contribution in [2.75, 3.05) is 14.2 Å². The first-order valence-electron chi connectivity index (χ1n) is 9.80. The fourth-order valence-electron chi connectivity index (χ4n) is 4.45. The highest BCUT2D eigenvalue weighted by Crippen LogP contribution is 2.41. The van der Waals surface area contributed by atoms with Crippen molar-refractivity contribution in [3.63, 3.8) is 0 Å². The summed E-state index contributed by atoms with van der Waals surface area (Å²) in [7, 11) is 2.97. The lowest BCUT2D eigenvalue weighted by Gasteiger charge is -2.24. The Morgan fingerprint density at radius 1 is 1.00 bits per heavy atom. The van der Waals surface area contributed by atoms with Gasteiger partial charge in [-0.1, -0.05) is 0 Å². The summed E-state index contributed by atoms with van der Waals surface area (Å²) in [5.41, 5.74) is -0.107. The molecule has 8 heteroatoms. The Balaban J connectivity index is 1.79. The van der Waals surface area contributed by atoms with E-state index in [-0.39, 0.29) is 29.0 Å². The second-order valence-corrected chi connectivity index (χ2v) is 7.76. The molecule has 2 aliphatic rings. The van der Waals surface area contributed by atoms with E-state index in [2.05, 4.69) is 5.10 Å². The number of rotatable bonds is 5. The summed E-state index contributed by atoms with van der Waals surface area (Å²) in [5, 5.41) is 4.23. The van der Waals surface area contributed by atoms with Crippen molar-refractivity contribution in [1.82, 2.24) is 9.78 Å². The van der Waals surface area contributed by atoms with Crippen molar-refractivity contribution in [2.45, 2.75) is 26.2 Å². The standard InChI is InChI=1S/C22H22N2O6/c1-11-8-15(21(27)18-19(25)12-4-5-13(9-12)20(18)26)22(28)24(23-11)14-6-7-16(29-2)17(10-14)30-3/h6-8,10,12-13,18H,4-5,9H2,1-3H3. The van der Waals surface area contributed by atoms with Gasteiger partial charge >= 0.3 is 0 Å². The van der Waals surface area contributed by atoms with Crippen molar-refractivity contribution in [1.29, 1.82) is 0 Å². The van der Waals surface area contributed by atoms with Crippen molar-refractivity contribution < 1.29 is 23.9 Å². The first-order valence-corrected chi connectivity index (χ1v) is 9.80. The maximum absolute atomic E-state index is 13.2. The van der Waals surface area contributed by atoms with Gasteiger partial charge in [0.1, 0.15) is 5.92 Å². The molecule has 0 amide bonds. The van der Waals surface area contributed by atoms with Gasteiger partial charge in [-0.3, -0.25) is 19.2 Å². The quantitative estimate of drug-likeness (QED) is 0.548. The van der Waals surface area contributed by atoms with E-state index in [9.17, 15) is 19.2 Å². The largest absolute Gasteiger partial charge is 0.493 e. The molecular weight excluding hydrogens is 388 g/mol. The SMILES string of the molecule is COc1ccc(-n2nc(C)cc(C(=O)C3C(=O)C4CCC(C4)C3=O)c2=O)cc1OC. The Morgan fingerprint density at radius 3 is 2.23 bits per heavy atom. The van der Waals surface area contributed by atoms with Crippen LogP contribution in [0.1, 0.15) is 35.3 Å². The summed E-state index contributed by atoms with van der Waals surface area (Å²) < 4.78 is 11.6. The molecular formula is C22H22N2O6. The molecule has 4 rings (SSSR count). The van der Waals surface area contributed by atoms with Gasteiger partial charge in [0.2, 0.25) is 0 Å². The molecule has 156 valence electrons. The monoisotopic (exact) mass is 410 g/mol. The molecule has 1 aromatic heterocycles. The minimum absolute atomic E-state index is 0.203. The van der Waals surface area contributed by atoms with Crippen LogP contribution in [0.2, 0.25) is 0 Å². The first kappa shape index (κ1) is 20.0. The zero-order valence-electron chi connectivity index (χ0n) is 17.0. The summed E-state index contributed by atoms with van der Waals surface area (Å²) >= 11 is 0. The van der Waals surface area contributed by atoms with Crippen molar-refractivity contribution in [3.05, 3.63) is 45.9 Å². The van der Waals surface area contributed by atoms with Gasteiger partial charge in [0.25, 0.3) is 5.56 Å². The third-order valence-electron chi connectivity index (χ3n) is 5.98. The molecule has 2 unspecified atom stereocenters. The lowest BCUT2D eigenvalue weighted by atomic mass is 9.75. The van der Waals surface area contributed by atoms with Gasteiger partial charge in [0.15, 0.2) is 28.8 Å². The highest BCUT2D eigenvalue weighted by Gasteiger charge is 2.50. The summed E-state index contributed by atoms with van der Waals surface area (Å²) in [6, 6.07) is 6.15. The fourth-order valence-corrected chi connectivity index (χ4v) is 4.45. The molecule has 0 N–H and O–H groups in total. The topological polar surface area (TPSA) is 105 Å². The Kier molecular flexibility index (Phi) is 5.01. The average Bonchev–Trinajstić information content (AvgIpc) is 3.20. The number of Topliss-reactive ketones (excluding diaryl/α,β-unsaturated/α-hetero) is 3. The molecule has 0 saturated heterocycles. The summed E-state index contributed by atoms with van der Waals surface area (Å²) in [6.45, 7) is 1.64. The van der Waals surface area contributed by atoms with Gasteiger partial charge in [-0.15, -0.1) is 0 Å². The number of aromatic nitrogens is 2. The van der Waals surface area contributed by atoms with E-state index in [0.717, 1.165) is 4.68 Å². The molecule has 2 saturated carbocycles. The Bertz CT molecular complexity index is 1100. The number of hydrogen-bond donors (Lipinski definition) is 0. The Morgan fingerprint density at radius 2 is 1.63 bits per heavy atom. The molecule has 2 fully saturated rings. The van der Waals surface area contributed by atoms with Gasteiger partial charge in [0, 0.05) is 17.9 Å². The number of aryl methyl sites for hydroxylation is 1. The van der Waals surface area contributed by atoms with Crippen LogP contribution in [0, 0.1) is 24.7 Å². The Hall–Kier alpha value is -3.29. The van der Waals surface area contributed by atoms with Gasteiger partial charge in [-0.05, 0) is 44.4 Å². The molecule has 0 spiro atoms. The number of ketones is 3. The zero-order valence-corrected chi connectivity index (χ0v) is 17.0. The van der Waals surface area contributed by atoms with Crippen molar-refractivity contribution in [3.8, 4) is 17.2 Å². The van der Waals surface area contributed by atoms with Crippen LogP contribution in [0.15, 0.2) is 29.1 Å². The Labute approximate surface area is 172 Å². The molecule has 0 radical (unpaired) electrons. The smallest absolute Gasteiger partial charge is 0.282 e. The number of hydrogen-bond acceptors (Lipinski definition) is 7. The number of carbonyl (C=O) groups is 3.